The number of nitrogens with one attached hydrogen (secondary N) is 2. The van der Waals surface area contributed by atoms with Crippen LogP contribution in [0, 0.1) is 0 Å². The minimum absolute atomic E-state index is 0. The number of imidazole rings is 1. The van der Waals surface area contributed by atoms with Crippen LogP contribution >= 0.6 is 12.4 Å². The molecule has 1 aromatic heterocycles. The maximum absolute atomic E-state index is 11.0. The van der Waals surface area contributed by atoms with Gasteiger partial charge in [-0.3, -0.25) is 10.0 Å². The van der Waals surface area contributed by atoms with Crippen LogP contribution in [0.25, 0.3) is 17.1 Å². The van der Waals surface area contributed by atoms with Crippen molar-refractivity contribution in [3.8, 4) is 5.75 Å². The molecule has 124 valence electrons. The van der Waals surface area contributed by atoms with Crippen molar-refractivity contribution < 1.29 is 14.7 Å². The first-order chi connectivity index (χ1) is 11.2. The first kappa shape index (κ1) is 17.5. The predicted octanol–water partition coefficient (Wildman–Crippen LogP) is 3.08. The highest BCUT2D eigenvalue weighted by Crippen LogP contribution is 2.17. The monoisotopic (exact) mass is 345 g/mol. The Hall–Kier alpha value is -2.83. The Morgan fingerprint density at radius 2 is 2.08 bits per heavy atom. The maximum Gasteiger partial charge on any atom is 0.267 e. The lowest BCUT2D eigenvalue weighted by molar-refractivity contribution is -0.124. The zero-order valence-electron chi connectivity index (χ0n) is 12.6. The number of nitrogens with zero attached hydrogens (tertiary/aromatic N) is 1. The average Bonchev–Trinajstić information content (AvgIpc) is 3.01. The van der Waals surface area contributed by atoms with Gasteiger partial charge in [0.25, 0.3) is 5.91 Å². The third-order valence-electron chi connectivity index (χ3n) is 3.21. The molecule has 0 atom stereocenters. The van der Waals surface area contributed by atoms with Crippen LogP contribution in [0.1, 0.15) is 11.4 Å². The summed E-state index contributed by atoms with van der Waals surface area (Å²) >= 11 is 0. The standard InChI is InChI=1S/C17H15N3O3.ClH/c21-17(20-22)9-8-12-4-3-5-13(10-12)23-11-16-18-14-6-1-2-7-15(14)19-16;/h1-10,22H,11H2,(H,18,19)(H,20,21);1H/b9-8+;. The Labute approximate surface area is 144 Å². The van der Waals surface area contributed by atoms with E-state index >= 15 is 0 Å². The molecule has 24 heavy (non-hydrogen) atoms. The number of rotatable bonds is 5. The van der Waals surface area contributed by atoms with Gasteiger partial charge in [-0.15, -0.1) is 12.4 Å². The van der Waals surface area contributed by atoms with E-state index in [0.717, 1.165) is 22.4 Å². The summed E-state index contributed by atoms with van der Waals surface area (Å²) in [6.45, 7) is 0.318. The molecule has 3 N–H and O–H groups in total. The van der Waals surface area contributed by atoms with Crippen LogP contribution < -0.4 is 10.2 Å². The third kappa shape index (κ3) is 4.34. The van der Waals surface area contributed by atoms with Crippen molar-refractivity contribution in [2.24, 2.45) is 0 Å². The highest BCUT2D eigenvalue weighted by Gasteiger charge is 2.03. The van der Waals surface area contributed by atoms with Gasteiger partial charge < -0.3 is 9.72 Å². The molecule has 2 aromatic carbocycles. The predicted molar refractivity (Wildman–Crippen MR) is 93.1 cm³/mol. The summed E-state index contributed by atoms with van der Waals surface area (Å²) in [5.41, 5.74) is 4.20. The zero-order chi connectivity index (χ0) is 16.1. The van der Waals surface area contributed by atoms with Gasteiger partial charge in [-0.1, -0.05) is 24.3 Å². The van der Waals surface area contributed by atoms with Crippen molar-refractivity contribution in [2.45, 2.75) is 6.61 Å². The number of para-hydroxylation sites is 2. The van der Waals surface area contributed by atoms with E-state index in [2.05, 4.69) is 9.97 Å². The quantitative estimate of drug-likeness (QED) is 0.377. The lowest BCUT2D eigenvalue weighted by atomic mass is 10.2. The van der Waals surface area contributed by atoms with E-state index in [4.69, 9.17) is 9.94 Å². The molecule has 7 heteroatoms. The van der Waals surface area contributed by atoms with E-state index in [9.17, 15) is 4.79 Å². The number of halogens is 1. The number of fused-ring (bicyclic) bond motifs is 1. The van der Waals surface area contributed by atoms with Crippen LogP contribution in [-0.2, 0) is 11.4 Å². The van der Waals surface area contributed by atoms with Gasteiger partial charge in [0.05, 0.1) is 11.0 Å². The van der Waals surface area contributed by atoms with Crippen LogP contribution in [0.3, 0.4) is 0 Å². The van der Waals surface area contributed by atoms with Crippen molar-refractivity contribution in [2.75, 3.05) is 0 Å². The molecular weight excluding hydrogens is 330 g/mol. The largest absolute Gasteiger partial charge is 0.486 e. The van der Waals surface area contributed by atoms with E-state index in [1.54, 1.807) is 12.1 Å². The molecule has 0 aliphatic carbocycles. The van der Waals surface area contributed by atoms with Gasteiger partial charge in [-0.25, -0.2) is 10.5 Å². The Morgan fingerprint density at radius 3 is 2.88 bits per heavy atom. The molecule has 0 bridgehead atoms. The number of hydroxylamine groups is 1. The Bertz CT molecular complexity index is 828. The lowest BCUT2D eigenvalue weighted by Crippen LogP contribution is -2.14. The van der Waals surface area contributed by atoms with Gasteiger partial charge in [-0.05, 0) is 35.9 Å². The van der Waals surface area contributed by atoms with Gasteiger partial charge in [0.1, 0.15) is 18.2 Å². The summed E-state index contributed by atoms with van der Waals surface area (Å²) in [5.74, 6) is 0.822. The summed E-state index contributed by atoms with van der Waals surface area (Å²) in [6.07, 6.45) is 2.82. The summed E-state index contributed by atoms with van der Waals surface area (Å²) in [4.78, 5) is 18.6. The summed E-state index contributed by atoms with van der Waals surface area (Å²) in [6, 6.07) is 15.1. The third-order valence-corrected chi connectivity index (χ3v) is 3.21. The highest BCUT2D eigenvalue weighted by atomic mass is 35.5. The molecule has 0 saturated heterocycles. The number of hydrogen-bond acceptors (Lipinski definition) is 4. The second-order valence-electron chi connectivity index (χ2n) is 4.87. The van der Waals surface area contributed by atoms with Gasteiger partial charge in [-0.2, -0.15) is 0 Å². The van der Waals surface area contributed by atoms with Crippen molar-refractivity contribution in [3.63, 3.8) is 0 Å². The summed E-state index contributed by atoms with van der Waals surface area (Å²) in [5, 5.41) is 8.45. The number of aromatic amines is 1. The van der Waals surface area contributed by atoms with Gasteiger partial charge >= 0.3 is 0 Å². The zero-order valence-corrected chi connectivity index (χ0v) is 13.4. The molecule has 0 aliphatic rings. The minimum atomic E-state index is -0.585. The van der Waals surface area contributed by atoms with Gasteiger partial charge in [0, 0.05) is 6.08 Å². The van der Waals surface area contributed by atoms with Gasteiger partial charge in [0.15, 0.2) is 0 Å². The van der Waals surface area contributed by atoms with Crippen LogP contribution in [0.2, 0.25) is 0 Å². The lowest BCUT2D eigenvalue weighted by Gasteiger charge is -2.04. The summed E-state index contributed by atoms with van der Waals surface area (Å²) in [7, 11) is 0. The smallest absolute Gasteiger partial charge is 0.267 e. The molecule has 0 fully saturated rings. The number of H-pyrrole nitrogens is 1. The summed E-state index contributed by atoms with van der Waals surface area (Å²) < 4.78 is 5.72. The van der Waals surface area contributed by atoms with Gasteiger partial charge in [0.2, 0.25) is 0 Å². The van der Waals surface area contributed by atoms with E-state index in [-0.39, 0.29) is 12.4 Å². The fourth-order valence-electron chi connectivity index (χ4n) is 2.14. The van der Waals surface area contributed by atoms with E-state index in [1.165, 1.54) is 11.6 Å². The molecule has 3 aromatic rings. The number of carbonyl (C=O) groups excluding carboxylic acids is 1. The van der Waals surface area contributed by atoms with E-state index < -0.39 is 5.91 Å². The van der Waals surface area contributed by atoms with E-state index in [0.29, 0.717) is 12.4 Å². The molecule has 0 spiro atoms. The number of aromatic nitrogens is 2. The second-order valence-corrected chi connectivity index (χ2v) is 4.87. The fourth-order valence-corrected chi connectivity index (χ4v) is 2.14. The first-order valence-electron chi connectivity index (χ1n) is 7.03. The first-order valence-corrected chi connectivity index (χ1v) is 7.03. The van der Waals surface area contributed by atoms with Crippen LogP contribution in [-0.4, -0.2) is 21.1 Å². The highest BCUT2D eigenvalue weighted by molar-refractivity contribution is 5.90. The SMILES string of the molecule is Cl.O=C(/C=C/c1cccc(OCc2nc3ccccc3[nH]2)c1)NO. The Kier molecular flexibility index (Phi) is 5.95. The molecule has 3 rings (SSSR count). The van der Waals surface area contributed by atoms with E-state index in [1.807, 2.05) is 42.5 Å². The number of carbonyl (C=O) groups is 1. The molecule has 0 radical (unpaired) electrons. The van der Waals surface area contributed by atoms with Crippen molar-refractivity contribution in [1.82, 2.24) is 15.4 Å². The second kappa shape index (κ2) is 8.14. The van der Waals surface area contributed by atoms with Crippen molar-refractivity contribution in [1.29, 1.82) is 0 Å². The van der Waals surface area contributed by atoms with Crippen molar-refractivity contribution in [3.05, 3.63) is 66.0 Å². The molecule has 0 saturated carbocycles. The molecule has 6 nitrogen and oxygen atoms in total. The topological polar surface area (TPSA) is 87.2 Å². The maximum atomic E-state index is 11.0. The fraction of sp³-hybridized carbons (Fsp3) is 0.0588. The number of benzene rings is 2. The Balaban J connectivity index is 0.00000208. The average molecular weight is 346 g/mol. The molecule has 1 heterocycles. The van der Waals surface area contributed by atoms with Crippen LogP contribution in [0.4, 0.5) is 0 Å². The van der Waals surface area contributed by atoms with Crippen LogP contribution in [0.15, 0.2) is 54.6 Å². The normalized spacial score (nSPS) is 10.5. The Morgan fingerprint density at radius 1 is 1.25 bits per heavy atom. The number of amides is 1. The number of hydrogen-bond donors (Lipinski definition) is 3. The molecule has 0 aliphatic heterocycles. The molecular formula is C17H16ClN3O3. The number of ether oxygens (including phenoxy) is 1. The van der Waals surface area contributed by atoms with Crippen molar-refractivity contribution >= 4 is 35.4 Å². The van der Waals surface area contributed by atoms with Crippen LogP contribution in [0.5, 0.6) is 5.75 Å². The molecule has 0 unspecified atom stereocenters. The minimum Gasteiger partial charge on any atom is -0.486 e. The molecule has 1 amide bonds.